The van der Waals surface area contributed by atoms with E-state index in [9.17, 15) is 9.18 Å². The number of rotatable bonds is 5. The summed E-state index contributed by atoms with van der Waals surface area (Å²) in [6, 6.07) is 4.19. The van der Waals surface area contributed by atoms with E-state index in [1.54, 1.807) is 13.8 Å². The Hall–Kier alpha value is -1.62. The van der Waals surface area contributed by atoms with E-state index < -0.39 is 5.41 Å². The standard InChI is InChI=1S/C13H19FN2O2/c1-13(2,8-15)12(17)16-7-9-6-10(14)4-5-11(9)18-3/h4-6H,7-8,15H2,1-3H3,(H,16,17). The van der Waals surface area contributed by atoms with Gasteiger partial charge in [-0.05, 0) is 32.0 Å². The van der Waals surface area contributed by atoms with Gasteiger partial charge in [0.2, 0.25) is 5.91 Å². The van der Waals surface area contributed by atoms with Gasteiger partial charge in [0.15, 0.2) is 0 Å². The van der Waals surface area contributed by atoms with Crippen molar-refractivity contribution < 1.29 is 13.9 Å². The van der Waals surface area contributed by atoms with Crippen LogP contribution in [-0.4, -0.2) is 19.6 Å². The highest BCUT2D eigenvalue weighted by molar-refractivity contribution is 5.82. The topological polar surface area (TPSA) is 64.3 Å². The Morgan fingerprint density at radius 1 is 1.50 bits per heavy atom. The fourth-order valence-electron chi connectivity index (χ4n) is 1.39. The van der Waals surface area contributed by atoms with Gasteiger partial charge in [-0.2, -0.15) is 0 Å². The number of ether oxygens (including phenoxy) is 1. The first-order valence-electron chi connectivity index (χ1n) is 5.71. The van der Waals surface area contributed by atoms with Gasteiger partial charge in [-0.25, -0.2) is 4.39 Å². The fraction of sp³-hybridized carbons (Fsp3) is 0.462. The Morgan fingerprint density at radius 2 is 2.17 bits per heavy atom. The van der Waals surface area contributed by atoms with E-state index in [4.69, 9.17) is 10.5 Å². The van der Waals surface area contributed by atoms with E-state index >= 15 is 0 Å². The molecule has 5 heteroatoms. The van der Waals surface area contributed by atoms with Gasteiger partial charge < -0.3 is 15.8 Å². The molecule has 0 unspecified atom stereocenters. The third-order valence-electron chi connectivity index (χ3n) is 2.81. The van der Waals surface area contributed by atoms with Crippen LogP contribution in [-0.2, 0) is 11.3 Å². The molecule has 0 atom stereocenters. The molecule has 3 N–H and O–H groups in total. The zero-order valence-electron chi connectivity index (χ0n) is 10.9. The number of nitrogens with one attached hydrogen (secondary N) is 1. The highest BCUT2D eigenvalue weighted by Gasteiger charge is 2.25. The summed E-state index contributed by atoms with van der Waals surface area (Å²) in [5, 5.41) is 2.73. The SMILES string of the molecule is COc1ccc(F)cc1CNC(=O)C(C)(C)CN. The Kier molecular flexibility index (Phi) is 4.67. The van der Waals surface area contributed by atoms with Crippen LogP contribution in [0.5, 0.6) is 5.75 Å². The first kappa shape index (κ1) is 14.4. The molecule has 0 aliphatic rings. The summed E-state index contributed by atoms with van der Waals surface area (Å²) < 4.78 is 18.2. The molecule has 0 saturated carbocycles. The molecule has 0 aliphatic heterocycles. The lowest BCUT2D eigenvalue weighted by Gasteiger charge is -2.21. The minimum atomic E-state index is -0.638. The maximum atomic E-state index is 13.1. The maximum absolute atomic E-state index is 13.1. The van der Waals surface area contributed by atoms with Crippen LogP contribution in [0.15, 0.2) is 18.2 Å². The monoisotopic (exact) mass is 254 g/mol. The summed E-state index contributed by atoms with van der Waals surface area (Å²) in [5.74, 6) is 0.0108. The molecule has 0 radical (unpaired) electrons. The van der Waals surface area contributed by atoms with Crippen molar-refractivity contribution in [2.75, 3.05) is 13.7 Å². The number of benzene rings is 1. The van der Waals surface area contributed by atoms with Crippen LogP contribution in [0.1, 0.15) is 19.4 Å². The van der Waals surface area contributed by atoms with E-state index in [-0.39, 0.29) is 24.8 Å². The second-order valence-electron chi connectivity index (χ2n) is 4.73. The maximum Gasteiger partial charge on any atom is 0.227 e. The van der Waals surface area contributed by atoms with Crippen molar-refractivity contribution in [3.05, 3.63) is 29.6 Å². The number of nitrogens with two attached hydrogens (primary N) is 1. The second kappa shape index (κ2) is 5.82. The van der Waals surface area contributed by atoms with Crippen molar-refractivity contribution in [1.29, 1.82) is 0 Å². The molecule has 1 aromatic carbocycles. The van der Waals surface area contributed by atoms with Crippen LogP contribution in [0.4, 0.5) is 4.39 Å². The summed E-state index contributed by atoms with van der Waals surface area (Å²) in [5.41, 5.74) is 5.47. The Balaban J connectivity index is 2.74. The molecule has 100 valence electrons. The van der Waals surface area contributed by atoms with Gasteiger partial charge in [0.25, 0.3) is 0 Å². The Bertz CT molecular complexity index is 433. The Morgan fingerprint density at radius 3 is 2.72 bits per heavy atom. The number of carbonyl (C=O) groups excluding carboxylic acids is 1. The number of hydrogen-bond donors (Lipinski definition) is 2. The van der Waals surface area contributed by atoms with Crippen molar-refractivity contribution in [2.24, 2.45) is 11.1 Å². The molecule has 0 fully saturated rings. The molecule has 0 saturated heterocycles. The van der Waals surface area contributed by atoms with Crippen LogP contribution in [0.25, 0.3) is 0 Å². The van der Waals surface area contributed by atoms with E-state index in [0.717, 1.165) is 0 Å². The predicted molar refractivity (Wildman–Crippen MR) is 67.6 cm³/mol. The van der Waals surface area contributed by atoms with Crippen molar-refractivity contribution in [2.45, 2.75) is 20.4 Å². The molecular formula is C13H19FN2O2. The molecule has 0 aromatic heterocycles. The van der Waals surface area contributed by atoms with Crippen molar-refractivity contribution in [3.8, 4) is 5.75 Å². The van der Waals surface area contributed by atoms with Gasteiger partial charge in [-0.15, -0.1) is 0 Å². The van der Waals surface area contributed by atoms with Crippen molar-refractivity contribution in [3.63, 3.8) is 0 Å². The molecule has 4 nitrogen and oxygen atoms in total. The molecule has 0 spiro atoms. The minimum absolute atomic E-state index is 0.170. The van der Waals surface area contributed by atoms with Crippen LogP contribution >= 0.6 is 0 Å². The van der Waals surface area contributed by atoms with Gasteiger partial charge in [0, 0.05) is 18.7 Å². The third-order valence-corrected chi connectivity index (χ3v) is 2.81. The zero-order chi connectivity index (χ0) is 13.8. The molecular weight excluding hydrogens is 235 g/mol. The summed E-state index contributed by atoms with van der Waals surface area (Å²) in [6.07, 6.45) is 0. The van der Waals surface area contributed by atoms with Gasteiger partial charge in [-0.3, -0.25) is 4.79 Å². The van der Waals surface area contributed by atoms with Gasteiger partial charge in [0.1, 0.15) is 11.6 Å². The Labute approximate surface area is 106 Å². The van der Waals surface area contributed by atoms with Gasteiger partial charge in [-0.1, -0.05) is 0 Å². The quantitative estimate of drug-likeness (QED) is 0.835. The summed E-state index contributed by atoms with van der Waals surface area (Å²) in [7, 11) is 1.50. The van der Waals surface area contributed by atoms with Gasteiger partial charge in [0.05, 0.1) is 12.5 Å². The smallest absolute Gasteiger partial charge is 0.227 e. The van der Waals surface area contributed by atoms with Crippen molar-refractivity contribution >= 4 is 5.91 Å². The van der Waals surface area contributed by atoms with Crippen LogP contribution in [0, 0.1) is 11.2 Å². The van der Waals surface area contributed by atoms with Crippen LogP contribution in [0.3, 0.4) is 0 Å². The number of hydrogen-bond acceptors (Lipinski definition) is 3. The van der Waals surface area contributed by atoms with Crippen LogP contribution in [0.2, 0.25) is 0 Å². The first-order valence-corrected chi connectivity index (χ1v) is 5.71. The average Bonchev–Trinajstić information content (AvgIpc) is 2.36. The molecule has 1 aromatic rings. The normalized spacial score (nSPS) is 11.2. The largest absolute Gasteiger partial charge is 0.496 e. The number of amides is 1. The molecule has 1 amide bonds. The highest BCUT2D eigenvalue weighted by atomic mass is 19.1. The number of methoxy groups -OCH3 is 1. The highest BCUT2D eigenvalue weighted by Crippen LogP contribution is 2.20. The number of carbonyl (C=O) groups is 1. The fourth-order valence-corrected chi connectivity index (χ4v) is 1.39. The van der Waals surface area contributed by atoms with Crippen LogP contribution < -0.4 is 15.8 Å². The molecule has 18 heavy (non-hydrogen) atoms. The minimum Gasteiger partial charge on any atom is -0.496 e. The van der Waals surface area contributed by atoms with Crippen molar-refractivity contribution in [1.82, 2.24) is 5.32 Å². The molecule has 1 rings (SSSR count). The van der Waals surface area contributed by atoms with Gasteiger partial charge >= 0.3 is 0 Å². The summed E-state index contributed by atoms with van der Waals surface area (Å²) >= 11 is 0. The van der Waals surface area contributed by atoms with E-state index in [2.05, 4.69) is 5.32 Å². The number of halogens is 1. The van der Waals surface area contributed by atoms with E-state index in [1.165, 1.54) is 25.3 Å². The first-order chi connectivity index (χ1) is 8.40. The van der Waals surface area contributed by atoms with E-state index in [0.29, 0.717) is 11.3 Å². The lowest BCUT2D eigenvalue weighted by atomic mass is 9.92. The van der Waals surface area contributed by atoms with E-state index in [1.807, 2.05) is 0 Å². The lowest BCUT2D eigenvalue weighted by molar-refractivity contribution is -0.129. The molecule has 0 heterocycles. The lowest BCUT2D eigenvalue weighted by Crippen LogP contribution is -2.41. The molecule has 0 bridgehead atoms. The average molecular weight is 254 g/mol. The molecule has 0 aliphatic carbocycles. The third kappa shape index (κ3) is 3.43. The second-order valence-corrected chi connectivity index (χ2v) is 4.73. The zero-order valence-corrected chi connectivity index (χ0v) is 10.9. The summed E-state index contributed by atoms with van der Waals surface area (Å²) in [4.78, 5) is 11.8. The summed E-state index contributed by atoms with van der Waals surface area (Å²) in [6.45, 7) is 3.97. The predicted octanol–water partition coefficient (Wildman–Crippen LogP) is 1.44.